The van der Waals surface area contributed by atoms with Crippen LogP contribution in [0.25, 0.3) is 12.2 Å². The third-order valence-corrected chi connectivity index (χ3v) is 5.13. The van der Waals surface area contributed by atoms with Gasteiger partial charge in [-0.2, -0.15) is 0 Å². The average Bonchev–Trinajstić information content (AvgIpc) is 3.18. The number of carbonyl (C=O) groups is 2. The molecule has 0 aliphatic carbocycles. The molecule has 33 heavy (non-hydrogen) atoms. The van der Waals surface area contributed by atoms with Crippen LogP contribution in [-0.4, -0.2) is 29.2 Å². The molecule has 2 amide bonds. The first kappa shape index (κ1) is 21.9. The highest BCUT2D eigenvalue weighted by Gasteiger charge is 2.31. The van der Waals surface area contributed by atoms with E-state index in [0.717, 1.165) is 22.3 Å². The Hall–Kier alpha value is -4.29. The van der Waals surface area contributed by atoms with Gasteiger partial charge in [-0.25, -0.2) is 15.4 Å². The van der Waals surface area contributed by atoms with E-state index in [9.17, 15) is 9.59 Å². The lowest BCUT2D eigenvalue weighted by Crippen LogP contribution is -2.48. The first-order valence-corrected chi connectivity index (χ1v) is 10.6. The van der Waals surface area contributed by atoms with E-state index in [0.29, 0.717) is 12.4 Å². The van der Waals surface area contributed by atoms with E-state index in [-0.39, 0.29) is 24.1 Å². The van der Waals surface area contributed by atoms with Crippen LogP contribution in [0.15, 0.2) is 102 Å². The van der Waals surface area contributed by atoms with E-state index >= 15 is 0 Å². The molecule has 3 aromatic rings. The summed E-state index contributed by atoms with van der Waals surface area (Å²) in [6, 6.07) is 26.7. The highest BCUT2D eigenvalue weighted by molar-refractivity contribution is 6.19. The van der Waals surface area contributed by atoms with Crippen LogP contribution >= 0.6 is 0 Å². The zero-order chi connectivity index (χ0) is 23.0. The van der Waals surface area contributed by atoms with Crippen LogP contribution in [0.4, 0.5) is 0 Å². The molecule has 0 atom stereocenters. The second-order valence-corrected chi connectivity index (χ2v) is 7.40. The Bertz CT molecular complexity index is 1220. The largest absolute Gasteiger partial charge is 0.351 e. The van der Waals surface area contributed by atoms with Crippen LogP contribution in [0, 0.1) is 0 Å². The minimum Gasteiger partial charge on any atom is -0.351 e. The summed E-state index contributed by atoms with van der Waals surface area (Å²) in [6.07, 6.45) is 3.47. The van der Waals surface area contributed by atoms with Gasteiger partial charge in [0.1, 0.15) is 5.70 Å². The fraction of sp³-hybridized carbons (Fsp3) is 0.0741. The van der Waals surface area contributed by atoms with E-state index in [2.05, 4.69) is 22.3 Å². The third kappa shape index (κ3) is 5.31. The number of rotatable bonds is 8. The molecule has 6 heteroatoms. The molecule has 4 rings (SSSR count). The molecule has 1 heterocycles. The number of benzene rings is 3. The maximum atomic E-state index is 13.2. The molecular formula is C27H24N4O2. The van der Waals surface area contributed by atoms with E-state index in [1.165, 1.54) is 5.01 Å². The summed E-state index contributed by atoms with van der Waals surface area (Å²) >= 11 is 0. The van der Waals surface area contributed by atoms with Crippen molar-refractivity contribution in [3.05, 3.63) is 119 Å². The maximum absolute atomic E-state index is 13.2. The lowest BCUT2D eigenvalue weighted by molar-refractivity contribution is -0.126. The number of nitrogens with zero attached hydrogens (tertiary/aromatic N) is 2. The van der Waals surface area contributed by atoms with Crippen LogP contribution in [-0.2, 0) is 16.1 Å². The zero-order valence-corrected chi connectivity index (χ0v) is 18.1. The zero-order valence-electron chi connectivity index (χ0n) is 18.1. The van der Waals surface area contributed by atoms with Crippen molar-refractivity contribution in [1.29, 1.82) is 0 Å². The maximum Gasteiger partial charge on any atom is 0.292 e. The Morgan fingerprint density at radius 1 is 0.909 bits per heavy atom. The summed E-state index contributed by atoms with van der Waals surface area (Å²) in [5.74, 6) is -0.115. The van der Waals surface area contributed by atoms with Crippen LogP contribution in [0.1, 0.15) is 22.3 Å². The molecule has 1 aliphatic rings. The number of hydrazine groups is 1. The number of aliphatic imine (C=N–C) groups is 1. The Morgan fingerprint density at radius 2 is 1.55 bits per heavy atom. The Morgan fingerprint density at radius 3 is 2.24 bits per heavy atom. The lowest BCUT2D eigenvalue weighted by Gasteiger charge is -2.19. The highest BCUT2D eigenvalue weighted by atomic mass is 16.2. The van der Waals surface area contributed by atoms with Gasteiger partial charge < -0.3 is 5.32 Å². The summed E-state index contributed by atoms with van der Waals surface area (Å²) in [4.78, 5) is 30.2. The Kier molecular flexibility index (Phi) is 6.87. The first-order chi connectivity index (χ1) is 16.2. The molecule has 0 spiro atoms. The van der Waals surface area contributed by atoms with Gasteiger partial charge >= 0.3 is 0 Å². The van der Waals surface area contributed by atoms with Crippen LogP contribution in [0.3, 0.4) is 0 Å². The van der Waals surface area contributed by atoms with Crippen LogP contribution < -0.4 is 10.7 Å². The molecule has 6 nitrogen and oxygen atoms in total. The number of hydrogen-bond donors (Lipinski definition) is 2. The average molecular weight is 437 g/mol. The predicted octanol–water partition coefficient (Wildman–Crippen LogP) is 3.78. The lowest BCUT2D eigenvalue weighted by atomic mass is 10.1. The molecule has 2 N–H and O–H groups in total. The van der Waals surface area contributed by atoms with Gasteiger partial charge in [0.2, 0.25) is 5.91 Å². The van der Waals surface area contributed by atoms with E-state index in [1.807, 2.05) is 84.9 Å². The van der Waals surface area contributed by atoms with E-state index in [4.69, 9.17) is 0 Å². The predicted molar refractivity (Wildman–Crippen MR) is 131 cm³/mol. The second-order valence-electron chi connectivity index (χ2n) is 7.40. The smallest absolute Gasteiger partial charge is 0.292 e. The minimum absolute atomic E-state index is 0.0685. The molecule has 0 radical (unpaired) electrons. The summed E-state index contributed by atoms with van der Waals surface area (Å²) in [5, 5.41) is 4.19. The van der Waals surface area contributed by atoms with Crippen LogP contribution in [0.5, 0.6) is 0 Å². The fourth-order valence-corrected chi connectivity index (χ4v) is 3.43. The number of amides is 2. The van der Waals surface area contributed by atoms with Gasteiger partial charge in [0.05, 0.1) is 6.54 Å². The SMILES string of the molecule is C=Cc1ccccc1/C=C1\N=C(c2ccccc2)N(NCC(=O)NCc2ccccc2)C1=O. The van der Waals surface area contributed by atoms with E-state index < -0.39 is 0 Å². The van der Waals surface area contributed by atoms with Crippen molar-refractivity contribution < 1.29 is 9.59 Å². The quantitative estimate of drug-likeness (QED) is 0.528. The molecular weight excluding hydrogens is 412 g/mol. The molecule has 164 valence electrons. The van der Waals surface area contributed by atoms with E-state index in [1.54, 1.807) is 12.2 Å². The van der Waals surface area contributed by atoms with Crippen molar-refractivity contribution in [2.24, 2.45) is 4.99 Å². The normalized spacial score (nSPS) is 14.3. The molecule has 0 saturated heterocycles. The van der Waals surface area contributed by atoms with Gasteiger partial charge in [0.25, 0.3) is 5.91 Å². The second kappa shape index (κ2) is 10.3. The van der Waals surface area contributed by atoms with Gasteiger partial charge in [-0.05, 0) is 22.8 Å². The summed E-state index contributed by atoms with van der Waals surface area (Å²) in [7, 11) is 0. The Balaban J connectivity index is 1.53. The van der Waals surface area contributed by atoms with Gasteiger partial charge in [-0.15, -0.1) is 0 Å². The topological polar surface area (TPSA) is 73.8 Å². The monoisotopic (exact) mass is 436 g/mol. The first-order valence-electron chi connectivity index (χ1n) is 10.6. The molecule has 0 bridgehead atoms. The third-order valence-electron chi connectivity index (χ3n) is 5.13. The van der Waals surface area contributed by atoms with Crippen molar-refractivity contribution in [2.75, 3.05) is 6.54 Å². The van der Waals surface area contributed by atoms with Crippen molar-refractivity contribution in [1.82, 2.24) is 15.8 Å². The molecule has 0 unspecified atom stereocenters. The van der Waals surface area contributed by atoms with Gasteiger partial charge in [0, 0.05) is 12.1 Å². The summed E-state index contributed by atoms with van der Waals surface area (Å²) in [5.41, 5.74) is 6.73. The molecule has 0 saturated carbocycles. The minimum atomic E-state index is -0.330. The summed E-state index contributed by atoms with van der Waals surface area (Å²) in [6.45, 7) is 4.18. The molecule has 0 fully saturated rings. The van der Waals surface area contributed by atoms with Gasteiger partial charge in [0.15, 0.2) is 5.84 Å². The number of carbonyl (C=O) groups excluding carboxylic acids is 2. The number of hydrogen-bond acceptors (Lipinski definition) is 4. The molecule has 3 aromatic carbocycles. The molecule has 1 aliphatic heterocycles. The standard InChI is InChI=1S/C27H24N4O2/c1-2-21-13-9-10-16-23(21)17-24-27(33)31(26(30-24)22-14-7-4-8-15-22)29-19-25(32)28-18-20-11-5-3-6-12-20/h2-17,29H,1,18-19H2,(H,28,32)/b24-17-. The summed E-state index contributed by atoms with van der Waals surface area (Å²) < 4.78 is 0. The van der Waals surface area contributed by atoms with Crippen molar-refractivity contribution >= 4 is 29.8 Å². The fourth-order valence-electron chi connectivity index (χ4n) is 3.43. The van der Waals surface area contributed by atoms with Gasteiger partial charge in [-0.3, -0.25) is 9.59 Å². The Labute approximate surface area is 192 Å². The van der Waals surface area contributed by atoms with Crippen LogP contribution in [0.2, 0.25) is 0 Å². The van der Waals surface area contributed by atoms with Crippen molar-refractivity contribution in [2.45, 2.75) is 6.54 Å². The highest BCUT2D eigenvalue weighted by Crippen LogP contribution is 2.22. The number of amidine groups is 1. The molecule has 0 aromatic heterocycles. The van der Waals surface area contributed by atoms with Crippen molar-refractivity contribution in [3.63, 3.8) is 0 Å². The number of nitrogens with one attached hydrogen (secondary N) is 2. The van der Waals surface area contributed by atoms with Gasteiger partial charge in [-0.1, -0.05) is 97.6 Å². The van der Waals surface area contributed by atoms with Crippen molar-refractivity contribution in [3.8, 4) is 0 Å².